The van der Waals surface area contributed by atoms with E-state index in [1.165, 1.54) is 0 Å². The van der Waals surface area contributed by atoms with Gasteiger partial charge in [-0.05, 0) is 26.0 Å². The van der Waals surface area contributed by atoms with Crippen molar-refractivity contribution < 1.29 is 14.3 Å². The van der Waals surface area contributed by atoms with E-state index in [1.54, 1.807) is 19.1 Å². The molecule has 1 aromatic carbocycles. The van der Waals surface area contributed by atoms with Crippen LogP contribution in [0.1, 0.15) is 18.9 Å². The van der Waals surface area contributed by atoms with Crippen molar-refractivity contribution in [2.45, 2.75) is 24.6 Å². The summed E-state index contributed by atoms with van der Waals surface area (Å²) in [5.41, 5.74) is 0.829. The van der Waals surface area contributed by atoms with Gasteiger partial charge in [-0.1, -0.05) is 17.7 Å². The van der Waals surface area contributed by atoms with Crippen LogP contribution in [-0.4, -0.2) is 22.8 Å². The lowest BCUT2D eigenvalue weighted by Gasteiger charge is -2.11. The zero-order valence-electron chi connectivity index (χ0n) is 11.2. The Kier molecular flexibility index (Phi) is 3.98. The smallest absolute Gasteiger partial charge is 0.315 e. The highest BCUT2D eigenvalue weighted by Crippen LogP contribution is 2.64. The molecule has 108 valence electrons. The highest BCUT2D eigenvalue weighted by molar-refractivity contribution is 6.53. The summed E-state index contributed by atoms with van der Waals surface area (Å²) in [5.74, 6) is -0.956. The molecule has 1 fully saturated rings. The van der Waals surface area contributed by atoms with Gasteiger partial charge in [0.25, 0.3) is 5.91 Å². The van der Waals surface area contributed by atoms with Crippen molar-refractivity contribution in [2.24, 2.45) is 5.41 Å². The number of amides is 1. The summed E-state index contributed by atoms with van der Waals surface area (Å²) in [7, 11) is 0. The van der Waals surface area contributed by atoms with Crippen LogP contribution in [0, 0.1) is 12.3 Å². The van der Waals surface area contributed by atoms with E-state index in [2.05, 4.69) is 5.32 Å². The van der Waals surface area contributed by atoms with Crippen molar-refractivity contribution >= 4 is 40.8 Å². The predicted octanol–water partition coefficient (Wildman–Crippen LogP) is 3.06. The molecular formula is C14H15Cl2NO3. The number of carbonyl (C=O) groups is 2. The predicted molar refractivity (Wildman–Crippen MR) is 77.9 cm³/mol. The molecule has 1 unspecified atom stereocenters. The topological polar surface area (TPSA) is 55.4 Å². The number of esters is 1. The van der Waals surface area contributed by atoms with Gasteiger partial charge in [0.15, 0.2) is 6.61 Å². The monoisotopic (exact) mass is 315 g/mol. The van der Waals surface area contributed by atoms with E-state index < -0.39 is 21.6 Å². The molecule has 1 aliphatic carbocycles. The first-order valence-corrected chi connectivity index (χ1v) is 6.92. The van der Waals surface area contributed by atoms with Gasteiger partial charge < -0.3 is 10.1 Å². The average Bonchev–Trinajstić information content (AvgIpc) is 2.90. The first-order valence-electron chi connectivity index (χ1n) is 6.16. The maximum absolute atomic E-state index is 11.8. The maximum Gasteiger partial charge on any atom is 0.315 e. The lowest BCUT2D eigenvalue weighted by Crippen LogP contribution is -2.26. The molecule has 20 heavy (non-hydrogen) atoms. The van der Waals surface area contributed by atoms with Crippen LogP contribution >= 0.6 is 23.2 Å². The molecule has 0 spiro atoms. The van der Waals surface area contributed by atoms with E-state index in [0.29, 0.717) is 12.1 Å². The highest BCUT2D eigenvalue weighted by atomic mass is 35.5. The average molecular weight is 316 g/mol. The number of rotatable bonds is 4. The van der Waals surface area contributed by atoms with Crippen molar-refractivity contribution in [3.05, 3.63) is 29.8 Å². The van der Waals surface area contributed by atoms with Gasteiger partial charge in [-0.25, -0.2) is 0 Å². The molecule has 0 heterocycles. The Hall–Kier alpha value is -1.26. The largest absolute Gasteiger partial charge is 0.455 e. The number of ether oxygens (including phenoxy) is 1. The second-order valence-corrected chi connectivity index (χ2v) is 6.69. The second kappa shape index (κ2) is 5.26. The summed E-state index contributed by atoms with van der Waals surface area (Å²) in [6, 6.07) is 7.31. The summed E-state index contributed by atoms with van der Waals surface area (Å²) in [5, 5.41) is 2.63. The molecule has 6 heteroatoms. The van der Waals surface area contributed by atoms with Crippen LogP contribution in [0.15, 0.2) is 24.3 Å². The Labute approximate surface area is 127 Å². The van der Waals surface area contributed by atoms with Crippen LogP contribution in [0.5, 0.6) is 0 Å². The SMILES string of the molecule is Cc1ccc(NC(=O)COC(=O)C2(C)CC2(Cl)Cl)cc1. The van der Waals surface area contributed by atoms with Crippen LogP contribution in [-0.2, 0) is 14.3 Å². The van der Waals surface area contributed by atoms with E-state index in [4.69, 9.17) is 27.9 Å². The fourth-order valence-corrected chi connectivity index (χ4v) is 2.43. The summed E-state index contributed by atoms with van der Waals surface area (Å²) in [6.45, 7) is 3.22. The lowest BCUT2D eigenvalue weighted by molar-refractivity contribution is -0.152. The quantitative estimate of drug-likeness (QED) is 0.686. The van der Waals surface area contributed by atoms with E-state index in [9.17, 15) is 9.59 Å². The van der Waals surface area contributed by atoms with Gasteiger partial charge in [0, 0.05) is 12.1 Å². The van der Waals surface area contributed by atoms with Crippen LogP contribution in [0.25, 0.3) is 0 Å². The first kappa shape index (κ1) is 15.1. The Morgan fingerprint density at radius 2 is 1.85 bits per heavy atom. The number of alkyl halides is 2. The van der Waals surface area contributed by atoms with Crippen LogP contribution < -0.4 is 5.32 Å². The van der Waals surface area contributed by atoms with Gasteiger partial charge in [0.05, 0.1) is 0 Å². The number of benzene rings is 1. The van der Waals surface area contributed by atoms with Crippen molar-refractivity contribution in [1.82, 2.24) is 0 Å². The minimum absolute atomic E-state index is 0.335. The molecule has 0 bridgehead atoms. The number of anilines is 1. The van der Waals surface area contributed by atoms with Gasteiger partial charge >= 0.3 is 5.97 Å². The van der Waals surface area contributed by atoms with E-state index in [0.717, 1.165) is 5.56 Å². The minimum Gasteiger partial charge on any atom is -0.455 e. The molecule has 0 aliphatic heterocycles. The Morgan fingerprint density at radius 1 is 1.30 bits per heavy atom. The molecule has 1 aromatic rings. The highest BCUT2D eigenvalue weighted by Gasteiger charge is 2.69. The molecule has 1 N–H and O–H groups in total. The minimum atomic E-state index is -1.09. The van der Waals surface area contributed by atoms with Crippen molar-refractivity contribution in [3.8, 4) is 0 Å². The van der Waals surface area contributed by atoms with Gasteiger partial charge in [0.1, 0.15) is 9.75 Å². The third-order valence-electron chi connectivity index (χ3n) is 3.38. The zero-order valence-corrected chi connectivity index (χ0v) is 12.7. The third kappa shape index (κ3) is 3.07. The Balaban J connectivity index is 1.81. The molecule has 0 aromatic heterocycles. The fourth-order valence-electron chi connectivity index (χ4n) is 1.75. The summed E-state index contributed by atoms with van der Waals surface area (Å²) < 4.78 is 3.86. The summed E-state index contributed by atoms with van der Waals surface area (Å²) in [4.78, 5) is 23.4. The molecule has 2 rings (SSSR count). The molecule has 1 saturated carbocycles. The van der Waals surface area contributed by atoms with Crippen molar-refractivity contribution in [2.75, 3.05) is 11.9 Å². The number of halogens is 2. The molecule has 1 atom stereocenters. The summed E-state index contributed by atoms with van der Waals surface area (Å²) in [6.07, 6.45) is 0.335. The molecule has 1 amide bonds. The molecular weight excluding hydrogens is 301 g/mol. The molecule has 0 saturated heterocycles. The van der Waals surface area contributed by atoms with E-state index in [1.807, 2.05) is 19.1 Å². The van der Waals surface area contributed by atoms with Gasteiger partial charge in [0.2, 0.25) is 0 Å². The number of aryl methyl sites for hydroxylation is 1. The normalized spacial score (nSPS) is 23.0. The van der Waals surface area contributed by atoms with E-state index >= 15 is 0 Å². The lowest BCUT2D eigenvalue weighted by atomic mass is 10.1. The van der Waals surface area contributed by atoms with Gasteiger partial charge in [-0.2, -0.15) is 0 Å². The standard InChI is InChI=1S/C14H15Cl2NO3/c1-9-3-5-10(6-4-9)17-11(18)7-20-12(19)13(2)8-14(13,15)16/h3-6H,7-8H2,1-2H3,(H,17,18). The molecule has 4 nitrogen and oxygen atoms in total. The van der Waals surface area contributed by atoms with Gasteiger partial charge in [-0.3, -0.25) is 9.59 Å². The van der Waals surface area contributed by atoms with Crippen LogP contribution in [0.2, 0.25) is 0 Å². The molecule has 1 aliphatic rings. The van der Waals surface area contributed by atoms with Crippen LogP contribution in [0.4, 0.5) is 5.69 Å². The Bertz CT molecular complexity index is 542. The summed E-state index contributed by atoms with van der Waals surface area (Å²) >= 11 is 11.7. The number of hydrogen-bond acceptors (Lipinski definition) is 3. The molecule has 0 radical (unpaired) electrons. The van der Waals surface area contributed by atoms with Crippen molar-refractivity contribution in [3.63, 3.8) is 0 Å². The Morgan fingerprint density at radius 3 is 2.35 bits per heavy atom. The van der Waals surface area contributed by atoms with Crippen molar-refractivity contribution in [1.29, 1.82) is 0 Å². The fraction of sp³-hybridized carbons (Fsp3) is 0.429. The third-order valence-corrected chi connectivity index (χ3v) is 4.48. The maximum atomic E-state index is 11.8. The zero-order chi connectivity index (χ0) is 15.0. The van der Waals surface area contributed by atoms with Gasteiger partial charge in [-0.15, -0.1) is 23.2 Å². The second-order valence-electron chi connectivity index (χ2n) is 5.20. The number of hydrogen-bond donors (Lipinski definition) is 1. The van der Waals surface area contributed by atoms with Crippen LogP contribution in [0.3, 0.4) is 0 Å². The van der Waals surface area contributed by atoms with E-state index in [-0.39, 0.29) is 6.61 Å². The first-order chi connectivity index (χ1) is 9.24. The number of nitrogens with one attached hydrogen (secondary N) is 1. The number of carbonyl (C=O) groups excluding carboxylic acids is 2.